The fourth-order valence-electron chi connectivity index (χ4n) is 2.26. The van der Waals surface area contributed by atoms with Crippen molar-refractivity contribution in [3.63, 3.8) is 0 Å². The van der Waals surface area contributed by atoms with Gasteiger partial charge in [0.15, 0.2) is 0 Å². The van der Waals surface area contributed by atoms with Gasteiger partial charge in [0.1, 0.15) is 18.0 Å². The molecule has 6 heteroatoms. The van der Waals surface area contributed by atoms with E-state index in [9.17, 15) is 9.50 Å². The van der Waals surface area contributed by atoms with Gasteiger partial charge in [0, 0.05) is 18.2 Å². The van der Waals surface area contributed by atoms with E-state index in [1.54, 1.807) is 12.1 Å². The van der Waals surface area contributed by atoms with Gasteiger partial charge in [0.25, 0.3) is 0 Å². The van der Waals surface area contributed by atoms with Gasteiger partial charge >= 0.3 is 0 Å². The average molecular weight is 344 g/mol. The number of hydrogen-bond acceptors (Lipinski definition) is 4. The van der Waals surface area contributed by atoms with E-state index in [2.05, 4.69) is 15.3 Å². The van der Waals surface area contributed by atoms with Crippen LogP contribution in [0, 0.1) is 5.82 Å². The lowest BCUT2D eigenvalue weighted by atomic mass is 10.1. The van der Waals surface area contributed by atoms with Gasteiger partial charge in [0.05, 0.1) is 16.8 Å². The zero-order chi connectivity index (χ0) is 16.9. The van der Waals surface area contributed by atoms with Crippen LogP contribution in [-0.2, 0) is 0 Å². The van der Waals surface area contributed by atoms with Crippen LogP contribution in [0.15, 0.2) is 60.9 Å². The summed E-state index contributed by atoms with van der Waals surface area (Å²) in [6.45, 7) is 0.310. The highest BCUT2D eigenvalue weighted by Crippen LogP contribution is 2.24. The minimum Gasteiger partial charge on any atom is -0.387 e. The topological polar surface area (TPSA) is 58.0 Å². The Morgan fingerprint density at radius 1 is 1.08 bits per heavy atom. The number of benzene rings is 2. The predicted molar refractivity (Wildman–Crippen MR) is 92.3 cm³/mol. The van der Waals surface area contributed by atoms with Gasteiger partial charge in [-0.3, -0.25) is 0 Å². The van der Waals surface area contributed by atoms with E-state index in [0.717, 1.165) is 5.56 Å². The fourth-order valence-corrected chi connectivity index (χ4v) is 2.44. The van der Waals surface area contributed by atoms with E-state index in [-0.39, 0.29) is 5.02 Å². The van der Waals surface area contributed by atoms with Crippen LogP contribution in [0.5, 0.6) is 0 Å². The van der Waals surface area contributed by atoms with Crippen molar-refractivity contribution < 1.29 is 9.50 Å². The van der Waals surface area contributed by atoms with E-state index in [4.69, 9.17) is 11.6 Å². The Kier molecular flexibility index (Phi) is 5.03. The molecule has 24 heavy (non-hydrogen) atoms. The third-order valence-electron chi connectivity index (χ3n) is 3.54. The largest absolute Gasteiger partial charge is 0.387 e. The van der Waals surface area contributed by atoms with Gasteiger partial charge in [-0.25, -0.2) is 14.4 Å². The van der Waals surface area contributed by atoms with Gasteiger partial charge in [-0.15, -0.1) is 0 Å². The average Bonchev–Trinajstić information content (AvgIpc) is 2.63. The quantitative estimate of drug-likeness (QED) is 0.733. The molecule has 0 radical (unpaired) electrons. The van der Waals surface area contributed by atoms with Crippen LogP contribution in [0.25, 0.3) is 11.3 Å². The summed E-state index contributed by atoms with van der Waals surface area (Å²) in [5.74, 6) is 0.0919. The first-order valence-electron chi connectivity index (χ1n) is 7.38. The number of nitrogens with zero attached hydrogens (tertiary/aromatic N) is 2. The van der Waals surface area contributed by atoms with Crippen LogP contribution in [0.2, 0.25) is 5.02 Å². The van der Waals surface area contributed by atoms with Crippen molar-refractivity contribution in [2.75, 3.05) is 11.9 Å². The van der Waals surface area contributed by atoms with Crippen molar-refractivity contribution in [3.05, 3.63) is 77.3 Å². The number of aliphatic hydroxyl groups is 1. The smallest absolute Gasteiger partial charge is 0.141 e. The monoisotopic (exact) mass is 343 g/mol. The molecule has 1 atom stereocenters. The Labute approximate surface area is 144 Å². The molecule has 0 amide bonds. The van der Waals surface area contributed by atoms with Crippen molar-refractivity contribution in [2.45, 2.75) is 6.10 Å². The summed E-state index contributed by atoms with van der Waals surface area (Å²) >= 11 is 5.81. The first kappa shape index (κ1) is 16.4. The van der Waals surface area contributed by atoms with Crippen LogP contribution in [-0.4, -0.2) is 21.6 Å². The normalized spacial score (nSPS) is 12.0. The van der Waals surface area contributed by atoms with Gasteiger partial charge in [0.2, 0.25) is 0 Å². The molecule has 1 aromatic heterocycles. The van der Waals surface area contributed by atoms with Crippen LogP contribution in [0.4, 0.5) is 10.2 Å². The Morgan fingerprint density at radius 2 is 1.88 bits per heavy atom. The summed E-state index contributed by atoms with van der Waals surface area (Å²) in [5, 5.41) is 13.3. The molecule has 0 aliphatic rings. The fraction of sp³-hybridized carbons (Fsp3) is 0.111. The minimum absolute atomic E-state index is 0.0418. The number of halogens is 2. The molecule has 0 bridgehead atoms. The minimum atomic E-state index is -0.648. The van der Waals surface area contributed by atoms with Crippen molar-refractivity contribution >= 4 is 17.4 Å². The maximum atomic E-state index is 13.3. The molecule has 1 unspecified atom stereocenters. The van der Waals surface area contributed by atoms with Gasteiger partial charge in [-0.1, -0.05) is 41.9 Å². The molecule has 2 N–H and O–H groups in total. The van der Waals surface area contributed by atoms with Crippen LogP contribution in [0.3, 0.4) is 0 Å². The lowest BCUT2D eigenvalue weighted by Crippen LogP contribution is -2.13. The molecular formula is C18H15ClFN3O. The number of aliphatic hydroxyl groups excluding tert-OH is 1. The maximum Gasteiger partial charge on any atom is 0.141 e. The van der Waals surface area contributed by atoms with Gasteiger partial charge < -0.3 is 10.4 Å². The van der Waals surface area contributed by atoms with Gasteiger partial charge in [-0.2, -0.15) is 0 Å². The summed E-state index contributed by atoms with van der Waals surface area (Å²) in [4.78, 5) is 8.30. The second-order valence-electron chi connectivity index (χ2n) is 5.22. The highest BCUT2D eigenvalue weighted by molar-refractivity contribution is 6.31. The Bertz CT molecular complexity index is 830. The second kappa shape index (κ2) is 7.38. The molecular weight excluding hydrogens is 329 g/mol. The molecule has 0 aliphatic carbocycles. The van der Waals surface area contributed by atoms with Crippen molar-refractivity contribution in [1.82, 2.24) is 9.97 Å². The molecule has 0 saturated heterocycles. The molecule has 1 heterocycles. The Hall–Kier alpha value is -2.50. The highest BCUT2D eigenvalue weighted by atomic mass is 35.5. The lowest BCUT2D eigenvalue weighted by Gasteiger charge is -2.13. The number of hydrogen-bond donors (Lipinski definition) is 2. The maximum absolute atomic E-state index is 13.3. The molecule has 0 saturated carbocycles. The first-order chi connectivity index (χ1) is 11.6. The van der Waals surface area contributed by atoms with E-state index in [0.29, 0.717) is 23.6 Å². The number of nitrogens with one attached hydrogen (secondary N) is 1. The van der Waals surface area contributed by atoms with E-state index in [1.807, 2.05) is 30.3 Å². The lowest BCUT2D eigenvalue weighted by molar-refractivity contribution is 0.191. The number of rotatable bonds is 5. The van der Waals surface area contributed by atoms with E-state index >= 15 is 0 Å². The highest BCUT2D eigenvalue weighted by Gasteiger charge is 2.09. The molecule has 2 aromatic carbocycles. The molecule has 122 valence electrons. The molecule has 3 rings (SSSR count). The Balaban J connectivity index is 1.72. The van der Waals surface area contributed by atoms with E-state index < -0.39 is 11.9 Å². The molecule has 4 nitrogen and oxygen atoms in total. The number of aromatic nitrogens is 2. The van der Waals surface area contributed by atoms with Crippen molar-refractivity contribution in [1.29, 1.82) is 0 Å². The molecule has 0 fully saturated rings. The summed E-state index contributed by atoms with van der Waals surface area (Å²) in [6, 6.07) is 15.5. The third kappa shape index (κ3) is 3.88. The third-order valence-corrected chi connectivity index (χ3v) is 3.83. The van der Waals surface area contributed by atoms with Crippen LogP contribution in [0.1, 0.15) is 11.7 Å². The first-order valence-corrected chi connectivity index (χ1v) is 7.75. The summed E-state index contributed by atoms with van der Waals surface area (Å²) in [7, 11) is 0. The van der Waals surface area contributed by atoms with E-state index in [1.165, 1.54) is 18.5 Å². The van der Waals surface area contributed by atoms with Crippen molar-refractivity contribution in [2.24, 2.45) is 0 Å². The zero-order valence-electron chi connectivity index (χ0n) is 12.7. The summed E-state index contributed by atoms with van der Waals surface area (Å²) in [5.41, 5.74) is 2.13. The van der Waals surface area contributed by atoms with Crippen LogP contribution < -0.4 is 5.32 Å². The standard InChI is InChI=1S/C18H15ClFN3O/c19-14-8-13(6-7-15(14)20)16-9-18(23-11-22-16)21-10-17(24)12-4-2-1-3-5-12/h1-9,11,17,24H,10H2,(H,21,22,23). The number of anilines is 1. The van der Waals surface area contributed by atoms with Crippen molar-refractivity contribution in [3.8, 4) is 11.3 Å². The Morgan fingerprint density at radius 3 is 2.62 bits per heavy atom. The summed E-state index contributed by atoms with van der Waals surface area (Å²) in [6.07, 6.45) is 0.758. The molecule has 0 spiro atoms. The second-order valence-corrected chi connectivity index (χ2v) is 5.63. The predicted octanol–water partition coefficient (Wildman–Crippen LogP) is 4.08. The summed E-state index contributed by atoms with van der Waals surface area (Å²) < 4.78 is 13.3. The molecule has 0 aliphatic heterocycles. The SMILES string of the molecule is OC(CNc1cc(-c2ccc(F)c(Cl)c2)ncn1)c1ccccc1. The van der Waals surface area contributed by atoms with Crippen LogP contribution >= 0.6 is 11.6 Å². The zero-order valence-corrected chi connectivity index (χ0v) is 13.4. The van der Waals surface area contributed by atoms with Gasteiger partial charge in [-0.05, 0) is 23.8 Å². The molecule has 3 aromatic rings.